The zero-order chi connectivity index (χ0) is 13.5. The Morgan fingerprint density at radius 2 is 1.89 bits per heavy atom. The summed E-state index contributed by atoms with van der Waals surface area (Å²) < 4.78 is 0. The van der Waals surface area contributed by atoms with Gasteiger partial charge in [0.25, 0.3) is 0 Å². The average molecular weight is 255 g/mol. The second-order valence-corrected chi connectivity index (χ2v) is 6.17. The molecule has 0 saturated heterocycles. The molecule has 1 heterocycles. The van der Waals surface area contributed by atoms with Gasteiger partial charge in [0, 0.05) is 11.1 Å². The molecule has 3 rings (SSSR count). The minimum atomic E-state index is -0.360. The molecule has 1 unspecified atom stereocenters. The first-order valence-electron chi connectivity index (χ1n) is 7.14. The van der Waals surface area contributed by atoms with Crippen molar-refractivity contribution in [1.29, 1.82) is 0 Å². The van der Waals surface area contributed by atoms with Gasteiger partial charge >= 0.3 is 0 Å². The molecule has 19 heavy (non-hydrogen) atoms. The number of nitrogens with zero attached hydrogens (tertiary/aromatic N) is 1. The van der Waals surface area contributed by atoms with Crippen molar-refractivity contribution in [3.8, 4) is 0 Å². The van der Waals surface area contributed by atoms with Crippen LogP contribution in [0.1, 0.15) is 50.0 Å². The van der Waals surface area contributed by atoms with E-state index in [9.17, 15) is 5.11 Å². The summed E-state index contributed by atoms with van der Waals surface area (Å²) in [7, 11) is 0. The van der Waals surface area contributed by atoms with E-state index in [4.69, 9.17) is 0 Å². The largest absolute Gasteiger partial charge is 0.388 e. The summed E-state index contributed by atoms with van der Waals surface area (Å²) in [6.45, 7) is 4.21. The average Bonchev–Trinajstić information content (AvgIpc) is 2.85. The van der Waals surface area contributed by atoms with E-state index in [2.05, 4.69) is 24.0 Å². The molecule has 2 aromatic rings. The van der Waals surface area contributed by atoms with E-state index < -0.39 is 0 Å². The molecule has 0 amide bonds. The van der Waals surface area contributed by atoms with Gasteiger partial charge in [-0.1, -0.05) is 31.9 Å². The van der Waals surface area contributed by atoms with Crippen molar-refractivity contribution < 1.29 is 5.11 Å². The number of aromatic nitrogens is 1. The van der Waals surface area contributed by atoms with Crippen molar-refractivity contribution in [2.45, 2.75) is 45.6 Å². The van der Waals surface area contributed by atoms with Crippen LogP contribution in [-0.4, -0.2) is 10.1 Å². The summed E-state index contributed by atoms with van der Waals surface area (Å²) in [5.41, 5.74) is 3.12. The first kappa shape index (κ1) is 12.6. The summed E-state index contributed by atoms with van der Waals surface area (Å²) >= 11 is 0. The van der Waals surface area contributed by atoms with Crippen LogP contribution in [-0.2, 0) is 0 Å². The molecule has 2 heteroatoms. The Balaban J connectivity index is 1.99. The summed E-state index contributed by atoms with van der Waals surface area (Å²) in [5, 5.41) is 11.8. The fourth-order valence-electron chi connectivity index (χ4n) is 3.27. The maximum absolute atomic E-state index is 10.7. The Kier molecular flexibility index (Phi) is 3.06. The first-order chi connectivity index (χ1) is 9.08. The highest BCUT2D eigenvalue weighted by molar-refractivity contribution is 5.79. The predicted octanol–water partition coefficient (Wildman–Crippen LogP) is 4.16. The monoisotopic (exact) mass is 255 g/mol. The smallest absolute Gasteiger partial charge is 0.0843 e. The first-order valence-corrected chi connectivity index (χ1v) is 7.14. The van der Waals surface area contributed by atoms with Crippen LogP contribution in [0.4, 0.5) is 0 Å². The zero-order valence-corrected chi connectivity index (χ0v) is 11.7. The van der Waals surface area contributed by atoms with Crippen LogP contribution >= 0.6 is 0 Å². The lowest BCUT2D eigenvalue weighted by molar-refractivity contribution is 0.0409. The third kappa shape index (κ3) is 2.25. The van der Waals surface area contributed by atoms with Crippen molar-refractivity contribution in [3.05, 3.63) is 41.6 Å². The minimum Gasteiger partial charge on any atom is -0.388 e. The molecule has 1 aliphatic rings. The number of aliphatic hydroxyl groups excluding tert-OH is 1. The SMILES string of the molecule is Cc1ccc2cc(C(O)C3(C)CCCC3)ccc2n1. The van der Waals surface area contributed by atoms with Crippen molar-refractivity contribution >= 4 is 10.9 Å². The predicted molar refractivity (Wildman–Crippen MR) is 78.0 cm³/mol. The minimum absolute atomic E-state index is 0.0474. The third-order valence-corrected chi connectivity index (χ3v) is 4.57. The van der Waals surface area contributed by atoms with E-state index in [0.717, 1.165) is 35.0 Å². The molecule has 1 aromatic carbocycles. The van der Waals surface area contributed by atoms with Crippen molar-refractivity contribution in [1.82, 2.24) is 4.98 Å². The van der Waals surface area contributed by atoms with Crippen LogP contribution in [0.2, 0.25) is 0 Å². The number of rotatable bonds is 2. The van der Waals surface area contributed by atoms with Gasteiger partial charge < -0.3 is 5.11 Å². The number of pyridine rings is 1. The molecular weight excluding hydrogens is 234 g/mol. The Bertz CT molecular complexity index is 599. The molecule has 0 radical (unpaired) electrons. The number of aryl methyl sites for hydroxylation is 1. The van der Waals surface area contributed by atoms with Crippen molar-refractivity contribution in [2.75, 3.05) is 0 Å². The molecule has 1 N–H and O–H groups in total. The maximum Gasteiger partial charge on any atom is 0.0843 e. The summed E-state index contributed by atoms with van der Waals surface area (Å²) in [4.78, 5) is 4.51. The second-order valence-electron chi connectivity index (χ2n) is 6.17. The van der Waals surface area contributed by atoms with Crippen LogP contribution in [0, 0.1) is 12.3 Å². The van der Waals surface area contributed by atoms with Gasteiger partial charge in [0.05, 0.1) is 11.6 Å². The third-order valence-electron chi connectivity index (χ3n) is 4.57. The van der Waals surface area contributed by atoms with Gasteiger partial charge in [0.1, 0.15) is 0 Å². The molecule has 2 nitrogen and oxygen atoms in total. The number of aliphatic hydroxyl groups is 1. The van der Waals surface area contributed by atoms with Crippen LogP contribution in [0.15, 0.2) is 30.3 Å². The fraction of sp³-hybridized carbons (Fsp3) is 0.471. The van der Waals surface area contributed by atoms with Crippen molar-refractivity contribution in [2.24, 2.45) is 5.41 Å². The van der Waals surface area contributed by atoms with Gasteiger partial charge in [-0.25, -0.2) is 0 Å². The molecule has 1 saturated carbocycles. The summed E-state index contributed by atoms with van der Waals surface area (Å²) in [5.74, 6) is 0. The van der Waals surface area contributed by atoms with Crippen LogP contribution < -0.4 is 0 Å². The molecule has 100 valence electrons. The van der Waals surface area contributed by atoms with Gasteiger partial charge in [-0.05, 0) is 48.9 Å². The van der Waals surface area contributed by atoms with Gasteiger partial charge in [-0.15, -0.1) is 0 Å². The van der Waals surface area contributed by atoms with Crippen LogP contribution in [0.5, 0.6) is 0 Å². The summed E-state index contributed by atoms with van der Waals surface area (Å²) in [6, 6.07) is 10.3. The highest BCUT2D eigenvalue weighted by Crippen LogP contribution is 2.47. The van der Waals surface area contributed by atoms with Gasteiger partial charge in [-0.3, -0.25) is 4.98 Å². The van der Waals surface area contributed by atoms with Gasteiger partial charge in [0.2, 0.25) is 0 Å². The Morgan fingerprint density at radius 3 is 2.63 bits per heavy atom. The van der Waals surface area contributed by atoms with Gasteiger partial charge in [-0.2, -0.15) is 0 Å². The highest BCUT2D eigenvalue weighted by atomic mass is 16.3. The Morgan fingerprint density at radius 1 is 1.16 bits per heavy atom. The van der Waals surface area contributed by atoms with Gasteiger partial charge in [0.15, 0.2) is 0 Å². The molecule has 0 spiro atoms. The van der Waals surface area contributed by atoms with E-state index in [1.54, 1.807) is 0 Å². The number of benzene rings is 1. The molecule has 1 aliphatic carbocycles. The molecular formula is C17H21NO. The highest BCUT2D eigenvalue weighted by Gasteiger charge is 2.36. The normalized spacial score (nSPS) is 19.7. The lowest BCUT2D eigenvalue weighted by Gasteiger charge is -2.30. The Labute approximate surface area is 114 Å². The standard InChI is InChI=1S/C17H21NO/c1-12-5-6-13-11-14(7-8-15(13)18-12)16(19)17(2)9-3-4-10-17/h5-8,11,16,19H,3-4,9-10H2,1-2H3. The number of hydrogen-bond acceptors (Lipinski definition) is 2. The maximum atomic E-state index is 10.7. The lowest BCUT2D eigenvalue weighted by Crippen LogP contribution is -2.21. The molecule has 0 aliphatic heterocycles. The summed E-state index contributed by atoms with van der Waals surface area (Å²) in [6.07, 6.45) is 4.36. The van der Waals surface area contributed by atoms with E-state index in [0.29, 0.717) is 0 Å². The Hall–Kier alpha value is -1.41. The fourth-order valence-corrected chi connectivity index (χ4v) is 3.27. The molecule has 1 aromatic heterocycles. The quantitative estimate of drug-likeness (QED) is 0.874. The molecule has 1 fully saturated rings. The topological polar surface area (TPSA) is 33.1 Å². The molecule has 1 atom stereocenters. The molecule has 0 bridgehead atoms. The van der Waals surface area contributed by atoms with E-state index in [1.165, 1.54) is 12.8 Å². The van der Waals surface area contributed by atoms with E-state index >= 15 is 0 Å². The lowest BCUT2D eigenvalue weighted by atomic mass is 9.79. The van der Waals surface area contributed by atoms with E-state index in [-0.39, 0.29) is 11.5 Å². The van der Waals surface area contributed by atoms with Crippen molar-refractivity contribution in [3.63, 3.8) is 0 Å². The zero-order valence-electron chi connectivity index (χ0n) is 11.7. The van der Waals surface area contributed by atoms with E-state index in [1.807, 2.05) is 25.1 Å². The van der Waals surface area contributed by atoms with Crippen LogP contribution in [0.3, 0.4) is 0 Å². The number of fused-ring (bicyclic) bond motifs is 1. The second kappa shape index (κ2) is 4.61. The number of hydrogen-bond donors (Lipinski definition) is 1. The van der Waals surface area contributed by atoms with Crippen LogP contribution in [0.25, 0.3) is 10.9 Å².